The van der Waals surface area contributed by atoms with Crippen LogP contribution in [0.2, 0.25) is 5.02 Å². The SMILES string of the molecule is Cn1cc(Cl)c2cccc(C3(N)CCCC3)c21. The number of hydrogen-bond acceptors (Lipinski definition) is 1. The molecule has 0 amide bonds. The Balaban J connectivity index is 2.29. The maximum Gasteiger partial charge on any atom is 0.0661 e. The monoisotopic (exact) mass is 248 g/mol. The van der Waals surface area contributed by atoms with Crippen molar-refractivity contribution in [3.63, 3.8) is 0 Å². The Kier molecular flexibility index (Phi) is 2.46. The maximum absolute atomic E-state index is 6.57. The molecule has 0 radical (unpaired) electrons. The first-order chi connectivity index (χ1) is 8.12. The zero-order valence-corrected chi connectivity index (χ0v) is 10.8. The lowest BCUT2D eigenvalue weighted by Crippen LogP contribution is -2.33. The van der Waals surface area contributed by atoms with E-state index in [0.29, 0.717) is 0 Å². The standard InChI is InChI=1S/C14H17ClN2/c1-17-9-12(15)10-5-4-6-11(13(10)17)14(16)7-2-3-8-14/h4-6,9H,2-3,7-8,16H2,1H3. The zero-order valence-electron chi connectivity index (χ0n) is 10.0. The minimum atomic E-state index is -0.158. The third kappa shape index (κ3) is 1.59. The van der Waals surface area contributed by atoms with Gasteiger partial charge in [0.05, 0.1) is 10.5 Å². The second-order valence-corrected chi connectivity index (χ2v) is 5.56. The Labute approximate surface area is 106 Å². The third-order valence-electron chi connectivity index (χ3n) is 3.99. The van der Waals surface area contributed by atoms with Gasteiger partial charge >= 0.3 is 0 Å². The fourth-order valence-corrected chi connectivity index (χ4v) is 3.40. The van der Waals surface area contributed by atoms with Gasteiger partial charge in [0.25, 0.3) is 0 Å². The predicted molar refractivity (Wildman–Crippen MR) is 72.3 cm³/mol. The molecule has 1 aliphatic rings. The first-order valence-corrected chi connectivity index (χ1v) is 6.52. The summed E-state index contributed by atoms with van der Waals surface area (Å²) in [7, 11) is 2.04. The molecule has 1 heterocycles. The molecule has 0 bridgehead atoms. The van der Waals surface area contributed by atoms with Crippen molar-refractivity contribution in [1.82, 2.24) is 4.57 Å². The Bertz CT molecular complexity index is 565. The van der Waals surface area contributed by atoms with Crippen molar-refractivity contribution in [2.24, 2.45) is 12.8 Å². The minimum absolute atomic E-state index is 0.158. The van der Waals surface area contributed by atoms with Crippen molar-refractivity contribution in [2.75, 3.05) is 0 Å². The quantitative estimate of drug-likeness (QED) is 0.822. The van der Waals surface area contributed by atoms with Crippen molar-refractivity contribution in [2.45, 2.75) is 31.2 Å². The van der Waals surface area contributed by atoms with Gasteiger partial charge in [0.2, 0.25) is 0 Å². The van der Waals surface area contributed by atoms with Crippen LogP contribution in [-0.4, -0.2) is 4.57 Å². The number of aromatic nitrogens is 1. The van der Waals surface area contributed by atoms with E-state index in [1.165, 1.54) is 23.9 Å². The molecular formula is C14H17ClN2. The first kappa shape index (κ1) is 11.1. The Morgan fingerprint density at radius 2 is 2.00 bits per heavy atom. The van der Waals surface area contributed by atoms with Crippen LogP contribution in [0.15, 0.2) is 24.4 Å². The van der Waals surface area contributed by atoms with E-state index >= 15 is 0 Å². The van der Waals surface area contributed by atoms with Crippen LogP contribution in [0, 0.1) is 0 Å². The maximum atomic E-state index is 6.57. The van der Waals surface area contributed by atoms with Crippen LogP contribution >= 0.6 is 11.6 Å². The van der Waals surface area contributed by atoms with E-state index in [-0.39, 0.29) is 5.54 Å². The van der Waals surface area contributed by atoms with Gasteiger partial charge < -0.3 is 10.3 Å². The van der Waals surface area contributed by atoms with Gasteiger partial charge in [0.1, 0.15) is 0 Å². The van der Waals surface area contributed by atoms with Crippen molar-refractivity contribution >= 4 is 22.5 Å². The molecule has 0 atom stereocenters. The number of halogens is 1. The van der Waals surface area contributed by atoms with Crippen molar-refractivity contribution in [3.05, 3.63) is 35.0 Å². The van der Waals surface area contributed by atoms with Crippen LogP contribution in [0.25, 0.3) is 10.9 Å². The van der Waals surface area contributed by atoms with Crippen molar-refractivity contribution in [3.8, 4) is 0 Å². The molecule has 0 spiro atoms. The normalized spacial score (nSPS) is 19.0. The van der Waals surface area contributed by atoms with Gasteiger partial charge in [-0.1, -0.05) is 42.6 Å². The smallest absolute Gasteiger partial charge is 0.0661 e. The molecule has 3 rings (SSSR count). The number of rotatable bonds is 1. The lowest BCUT2D eigenvalue weighted by Gasteiger charge is -2.25. The summed E-state index contributed by atoms with van der Waals surface area (Å²) in [5.74, 6) is 0. The highest BCUT2D eigenvalue weighted by molar-refractivity contribution is 6.35. The van der Waals surface area contributed by atoms with Crippen molar-refractivity contribution < 1.29 is 0 Å². The van der Waals surface area contributed by atoms with E-state index in [1.54, 1.807) is 0 Å². The molecule has 0 unspecified atom stereocenters. The number of nitrogens with two attached hydrogens (primary N) is 1. The number of para-hydroxylation sites is 1. The summed E-state index contributed by atoms with van der Waals surface area (Å²) >= 11 is 6.24. The summed E-state index contributed by atoms with van der Waals surface area (Å²) in [4.78, 5) is 0. The summed E-state index contributed by atoms with van der Waals surface area (Å²) in [6.07, 6.45) is 6.58. The fraction of sp³-hybridized carbons (Fsp3) is 0.429. The van der Waals surface area contributed by atoms with Crippen LogP contribution in [0.4, 0.5) is 0 Å². The van der Waals surface area contributed by atoms with Gasteiger partial charge in [-0.3, -0.25) is 0 Å². The highest BCUT2D eigenvalue weighted by Gasteiger charge is 2.33. The predicted octanol–water partition coefficient (Wildman–Crippen LogP) is 3.56. The number of hydrogen-bond donors (Lipinski definition) is 1. The molecule has 1 fully saturated rings. The fourth-order valence-electron chi connectivity index (χ4n) is 3.10. The summed E-state index contributed by atoms with van der Waals surface area (Å²) in [6, 6.07) is 6.29. The van der Waals surface area contributed by atoms with Gasteiger partial charge in [-0.25, -0.2) is 0 Å². The minimum Gasteiger partial charge on any atom is -0.349 e. The van der Waals surface area contributed by atoms with E-state index in [4.69, 9.17) is 17.3 Å². The molecule has 0 saturated heterocycles. The number of aryl methyl sites for hydroxylation is 1. The topological polar surface area (TPSA) is 30.9 Å². The highest BCUT2D eigenvalue weighted by Crippen LogP contribution is 2.40. The molecule has 1 aliphatic carbocycles. The first-order valence-electron chi connectivity index (χ1n) is 6.15. The number of benzene rings is 1. The van der Waals surface area contributed by atoms with Crippen LogP contribution in [0.3, 0.4) is 0 Å². The van der Waals surface area contributed by atoms with Gasteiger partial charge in [0.15, 0.2) is 0 Å². The molecule has 1 aromatic heterocycles. The van der Waals surface area contributed by atoms with Gasteiger partial charge in [-0.2, -0.15) is 0 Å². The lowest BCUT2D eigenvalue weighted by atomic mass is 9.88. The number of fused-ring (bicyclic) bond motifs is 1. The molecular weight excluding hydrogens is 232 g/mol. The van der Waals surface area contributed by atoms with E-state index in [9.17, 15) is 0 Å². The largest absolute Gasteiger partial charge is 0.349 e. The molecule has 2 N–H and O–H groups in total. The van der Waals surface area contributed by atoms with E-state index in [2.05, 4.69) is 22.8 Å². The van der Waals surface area contributed by atoms with Gasteiger partial charge in [-0.05, 0) is 18.4 Å². The highest BCUT2D eigenvalue weighted by atomic mass is 35.5. The molecule has 2 aromatic rings. The molecule has 1 aromatic carbocycles. The van der Waals surface area contributed by atoms with Gasteiger partial charge in [0, 0.05) is 24.2 Å². The van der Waals surface area contributed by atoms with Crippen LogP contribution in [0.1, 0.15) is 31.2 Å². The molecule has 17 heavy (non-hydrogen) atoms. The Morgan fingerprint density at radius 3 is 2.71 bits per heavy atom. The number of nitrogens with zero attached hydrogens (tertiary/aromatic N) is 1. The van der Waals surface area contributed by atoms with Crippen LogP contribution in [-0.2, 0) is 12.6 Å². The summed E-state index contributed by atoms with van der Waals surface area (Å²) in [6.45, 7) is 0. The zero-order chi connectivity index (χ0) is 12.0. The average Bonchev–Trinajstić information content (AvgIpc) is 2.86. The van der Waals surface area contributed by atoms with E-state index in [0.717, 1.165) is 23.3 Å². The summed E-state index contributed by atoms with van der Waals surface area (Å²) in [5, 5.41) is 1.93. The van der Waals surface area contributed by atoms with Crippen LogP contribution < -0.4 is 5.73 Å². The average molecular weight is 249 g/mol. The Hall–Kier alpha value is -0.990. The molecule has 2 nitrogen and oxygen atoms in total. The third-order valence-corrected chi connectivity index (χ3v) is 4.29. The molecule has 1 saturated carbocycles. The molecule has 90 valence electrons. The van der Waals surface area contributed by atoms with E-state index < -0.39 is 0 Å². The Morgan fingerprint density at radius 1 is 1.29 bits per heavy atom. The van der Waals surface area contributed by atoms with E-state index in [1.807, 2.05) is 13.2 Å². The summed E-state index contributed by atoms with van der Waals surface area (Å²) in [5.41, 5.74) is 8.86. The molecule has 3 heteroatoms. The van der Waals surface area contributed by atoms with Crippen LogP contribution in [0.5, 0.6) is 0 Å². The summed E-state index contributed by atoms with van der Waals surface area (Å²) < 4.78 is 2.10. The second-order valence-electron chi connectivity index (χ2n) is 5.15. The van der Waals surface area contributed by atoms with Gasteiger partial charge in [-0.15, -0.1) is 0 Å². The molecule has 0 aliphatic heterocycles. The second kappa shape index (κ2) is 3.76. The lowest BCUT2D eigenvalue weighted by molar-refractivity contribution is 0.464. The van der Waals surface area contributed by atoms with Crippen molar-refractivity contribution in [1.29, 1.82) is 0 Å².